The third-order valence-electron chi connectivity index (χ3n) is 3.81. The standard InChI is InChI=1S/C16H19N3OS/c1-17-12(16-14(20-3)8-9-21-16)10-15-18-11-6-4-5-7-13(11)19(15)2/h4-9,12,17H,10H2,1-3H3. The number of nitrogens with one attached hydrogen (secondary N) is 1. The second kappa shape index (κ2) is 5.87. The zero-order valence-corrected chi connectivity index (χ0v) is 13.3. The van der Waals surface area contributed by atoms with E-state index in [1.807, 2.05) is 25.2 Å². The number of para-hydroxylation sites is 2. The Morgan fingerprint density at radius 2 is 2.14 bits per heavy atom. The monoisotopic (exact) mass is 301 g/mol. The van der Waals surface area contributed by atoms with E-state index < -0.39 is 0 Å². The van der Waals surface area contributed by atoms with Crippen molar-refractivity contribution in [3.8, 4) is 5.75 Å². The lowest BCUT2D eigenvalue weighted by Crippen LogP contribution is -2.20. The zero-order chi connectivity index (χ0) is 14.8. The molecular weight excluding hydrogens is 282 g/mol. The molecule has 0 aliphatic heterocycles. The molecule has 0 fully saturated rings. The molecule has 1 atom stereocenters. The average Bonchev–Trinajstić information content (AvgIpc) is 3.10. The van der Waals surface area contributed by atoms with E-state index in [-0.39, 0.29) is 6.04 Å². The van der Waals surface area contributed by atoms with E-state index in [9.17, 15) is 0 Å². The Bertz CT molecular complexity index is 747. The Morgan fingerprint density at radius 1 is 1.33 bits per heavy atom. The van der Waals surface area contributed by atoms with Crippen molar-refractivity contribution in [2.75, 3.05) is 14.2 Å². The molecule has 2 aromatic heterocycles. The number of aromatic nitrogens is 2. The molecule has 0 spiro atoms. The minimum absolute atomic E-state index is 0.204. The van der Waals surface area contributed by atoms with Crippen molar-refractivity contribution in [1.29, 1.82) is 0 Å². The highest BCUT2D eigenvalue weighted by molar-refractivity contribution is 7.10. The van der Waals surface area contributed by atoms with Crippen LogP contribution in [0.4, 0.5) is 0 Å². The molecule has 5 heteroatoms. The zero-order valence-electron chi connectivity index (χ0n) is 12.5. The number of aryl methyl sites for hydroxylation is 1. The van der Waals surface area contributed by atoms with Crippen molar-refractivity contribution in [3.05, 3.63) is 46.4 Å². The molecule has 0 saturated heterocycles. The van der Waals surface area contributed by atoms with Crippen molar-refractivity contribution in [1.82, 2.24) is 14.9 Å². The summed E-state index contributed by atoms with van der Waals surface area (Å²) in [6.45, 7) is 0. The fourth-order valence-electron chi connectivity index (χ4n) is 2.62. The molecule has 0 saturated carbocycles. The molecule has 3 rings (SSSR count). The molecule has 0 bridgehead atoms. The lowest BCUT2D eigenvalue weighted by molar-refractivity contribution is 0.404. The van der Waals surface area contributed by atoms with Crippen molar-refractivity contribution in [3.63, 3.8) is 0 Å². The number of ether oxygens (including phenoxy) is 1. The topological polar surface area (TPSA) is 39.1 Å². The largest absolute Gasteiger partial charge is 0.496 e. The Hall–Kier alpha value is -1.85. The van der Waals surface area contributed by atoms with E-state index in [1.165, 1.54) is 10.4 Å². The van der Waals surface area contributed by atoms with E-state index in [0.717, 1.165) is 23.5 Å². The minimum Gasteiger partial charge on any atom is -0.496 e. The fraction of sp³-hybridized carbons (Fsp3) is 0.312. The predicted octanol–water partition coefficient (Wildman–Crippen LogP) is 3.15. The van der Waals surface area contributed by atoms with Crippen LogP contribution >= 0.6 is 11.3 Å². The van der Waals surface area contributed by atoms with Crippen LogP contribution in [0.5, 0.6) is 5.75 Å². The number of benzene rings is 1. The first-order valence-corrected chi connectivity index (χ1v) is 7.81. The van der Waals surface area contributed by atoms with Crippen LogP contribution in [0, 0.1) is 0 Å². The van der Waals surface area contributed by atoms with Crippen LogP contribution < -0.4 is 10.1 Å². The van der Waals surface area contributed by atoms with Gasteiger partial charge in [0.25, 0.3) is 0 Å². The van der Waals surface area contributed by atoms with Gasteiger partial charge in [0.2, 0.25) is 0 Å². The van der Waals surface area contributed by atoms with Gasteiger partial charge in [0.05, 0.1) is 29.1 Å². The first-order chi connectivity index (χ1) is 10.2. The first-order valence-electron chi connectivity index (χ1n) is 6.93. The second-order valence-electron chi connectivity index (χ2n) is 4.97. The Balaban J connectivity index is 1.94. The number of hydrogen-bond acceptors (Lipinski definition) is 4. The molecule has 1 aromatic carbocycles. The SMILES string of the molecule is CNC(Cc1nc2ccccc2n1C)c1sccc1OC. The number of rotatable bonds is 5. The predicted molar refractivity (Wildman–Crippen MR) is 87.1 cm³/mol. The van der Waals surface area contributed by atoms with Gasteiger partial charge in [-0.05, 0) is 30.6 Å². The lowest BCUT2D eigenvalue weighted by atomic mass is 10.1. The number of thiophene rings is 1. The normalized spacial score (nSPS) is 12.7. The van der Waals surface area contributed by atoms with Gasteiger partial charge in [0.15, 0.2) is 0 Å². The lowest BCUT2D eigenvalue weighted by Gasteiger charge is -2.16. The maximum Gasteiger partial charge on any atom is 0.134 e. The molecule has 2 heterocycles. The van der Waals surface area contributed by atoms with Gasteiger partial charge < -0.3 is 14.6 Å². The molecule has 0 amide bonds. The second-order valence-corrected chi connectivity index (χ2v) is 5.92. The highest BCUT2D eigenvalue weighted by atomic mass is 32.1. The average molecular weight is 301 g/mol. The molecule has 0 aliphatic carbocycles. The first kappa shape index (κ1) is 14.1. The quantitative estimate of drug-likeness (QED) is 0.787. The van der Waals surface area contributed by atoms with Crippen LogP contribution in [0.3, 0.4) is 0 Å². The number of fused-ring (bicyclic) bond motifs is 1. The number of nitrogens with zero attached hydrogens (tertiary/aromatic N) is 2. The van der Waals surface area contributed by atoms with Gasteiger partial charge in [-0.15, -0.1) is 11.3 Å². The summed E-state index contributed by atoms with van der Waals surface area (Å²) in [4.78, 5) is 5.97. The van der Waals surface area contributed by atoms with E-state index >= 15 is 0 Å². The minimum atomic E-state index is 0.204. The number of methoxy groups -OCH3 is 1. The van der Waals surface area contributed by atoms with Gasteiger partial charge in [0, 0.05) is 13.5 Å². The third-order valence-corrected chi connectivity index (χ3v) is 4.82. The maximum absolute atomic E-state index is 5.44. The van der Waals surface area contributed by atoms with Crippen molar-refractivity contribution in [2.45, 2.75) is 12.5 Å². The Morgan fingerprint density at radius 3 is 2.86 bits per heavy atom. The number of likely N-dealkylation sites (N-methyl/N-ethyl adjacent to an activating group) is 1. The smallest absolute Gasteiger partial charge is 0.134 e. The van der Waals surface area contributed by atoms with E-state index in [4.69, 9.17) is 9.72 Å². The molecule has 0 radical (unpaired) electrons. The van der Waals surface area contributed by atoms with Gasteiger partial charge in [0.1, 0.15) is 11.6 Å². The van der Waals surface area contributed by atoms with Gasteiger partial charge in [-0.3, -0.25) is 0 Å². The van der Waals surface area contributed by atoms with Crippen LogP contribution in [0.2, 0.25) is 0 Å². The van der Waals surface area contributed by atoms with Crippen LogP contribution in [0.25, 0.3) is 11.0 Å². The summed E-state index contributed by atoms with van der Waals surface area (Å²) >= 11 is 1.71. The molecule has 0 aliphatic rings. The summed E-state index contributed by atoms with van der Waals surface area (Å²) < 4.78 is 7.60. The molecule has 1 N–H and O–H groups in total. The van der Waals surface area contributed by atoms with Crippen LogP contribution in [-0.2, 0) is 13.5 Å². The third kappa shape index (κ3) is 2.54. The highest BCUT2D eigenvalue weighted by Gasteiger charge is 2.19. The van der Waals surface area contributed by atoms with Crippen molar-refractivity contribution in [2.24, 2.45) is 7.05 Å². The van der Waals surface area contributed by atoms with E-state index in [1.54, 1.807) is 18.4 Å². The Kier molecular flexibility index (Phi) is 3.94. The van der Waals surface area contributed by atoms with Gasteiger partial charge >= 0.3 is 0 Å². The fourth-order valence-corrected chi connectivity index (χ4v) is 3.59. The Labute approximate surface area is 128 Å². The number of imidazole rings is 1. The van der Waals surface area contributed by atoms with Crippen LogP contribution in [0.1, 0.15) is 16.7 Å². The maximum atomic E-state index is 5.44. The van der Waals surface area contributed by atoms with E-state index in [2.05, 4.69) is 34.4 Å². The summed E-state index contributed by atoms with van der Waals surface area (Å²) in [6.07, 6.45) is 0.832. The molecule has 21 heavy (non-hydrogen) atoms. The van der Waals surface area contributed by atoms with Gasteiger partial charge in [-0.2, -0.15) is 0 Å². The molecule has 110 valence electrons. The summed E-state index contributed by atoms with van der Waals surface area (Å²) in [5.74, 6) is 2.02. The van der Waals surface area contributed by atoms with Crippen LogP contribution in [0.15, 0.2) is 35.7 Å². The highest BCUT2D eigenvalue weighted by Crippen LogP contribution is 2.32. The summed E-state index contributed by atoms with van der Waals surface area (Å²) in [6, 6.07) is 10.4. The molecule has 4 nitrogen and oxygen atoms in total. The summed E-state index contributed by atoms with van der Waals surface area (Å²) in [5.41, 5.74) is 2.21. The van der Waals surface area contributed by atoms with Crippen molar-refractivity contribution >= 4 is 22.4 Å². The van der Waals surface area contributed by atoms with Crippen molar-refractivity contribution < 1.29 is 4.74 Å². The van der Waals surface area contributed by atoms with E-state index in [0.29, 0.717) is 0 Å². The van der Waals surface area contributed by atoms with Gasteiger partial charge in [-0.1, -0.05) is 12.1 Å². The summed E-state index contributed by atoms with van der Waals surface area (Å²) in [7, 11) is 5.77. The number of hydrogen-bond donors (Lipinski definition) is 1. The van der Waals surface area contributed by atoms with Crippen LogP contribution in [-0.4, -0.2) is 23.7 Å². The summed E-state index contributed by atoms with van der Waals surface area (Å²) in [5, 5.41) is 5.44. The molecular formula is C16H19N3OS. The molecule has 1 unspecified atom stereocenters. The van der Waals surface area contributed by atoms with Gasteiger partial charge in [-0.25, -0.2) is 4.98 Å². The molecule has 3 aromatic rings.